The number of hydrogen-bond acceptors (Lipinski definition) is 6. The number of benzene rings is 2. The van der Waals surface area contributed by atoms with E-state index in [2.05, 4.69) is 47.4 Å². The zero-order valence-corrected chi connectivity index (χ0v) is 18.2. The van der Waals surface area contributed by atoms with Gasteiger partial charge in [-0.05, 0) is 81.2 Å². The Morgan fingerprint density at radius 3 is 2.63 bits per heavy atom. The van der Waals surface area contributed by atoms with Gasteiger partial charge < -0.3 is 14.5 Å². The first kappa shape index (κ1) is 19.9. The molecule has 1 N–H and O–H groups in total. The van der Waals surface area contributed by atoms with Crippen LogP contribution in [0.15, 0.2) is 61.0 Å². The molecule has 0 fully saturated rings. The van der Waals surface area contributed by atoms with E-state index >= 15 is 0 Å². The van der Waals surface area contributed by atoms with Crippen LogP contribution in [0.2, 0.25) is 0 Å². The second kappa shape index (κ2) is 9.38. The van der Waals surface area contributed by atoms with E-state index in [4.69, 9.17) is 9.15 Å². The third kappa shape index (κ3) is 5.57. The highest BCUT2D eigenvalue weighted by atomic mass is 79.9. The highest BCUT2D eigenvalue weighted by Gasteiger charge is 2.12. The van der Waals surface area contributed by atoms with Crippen LogP contribution in [-0.4, -0.2) is 28.5 Å². The van der Waals surface area contributed by atoms with Gasteiger partial charge in [-0.3, -0.25) is 4.79 Å². The predicted octanol–water partition coefficient (Wildman–Crippen LogP) is 5.39. The molecule has 6 nitrogen and oxygen atoms in total. The van der Waals surface area contributed by atoms with Gasteiger partial charge >= 0.3 is 0 Å². The molecule has 140 valence electrons. The molecular weight excluding hydrogens is 498 g/mol. The Balaban J connectivity index is 1.55. The Morgan fingerprint density at radius 1 is 1.15 bits per heavy atom. The van der Waals surface area contributed by atoms with E-state index in [1.165, 1.54) is 11.8 Å². The summed E-state index contributed by atoms with van der Waals surface area (Å²) >= 11 is 7.98. The predicted molar refractivity (Wildman–Crippen MR) is 112 cm³/mol. The van der Waals surface area contributed by atoms with Gasteiger partial charge in [0.15, 0.2) is 0 Å². The number of rotatable bonds is 7. The number of thioether (sulfide) groups is 1. The Hall–Kier alpha value is -1.84. The van der Waals surface area contributed by atoms with Crippen LogP contribution in [0.25, 0.3) is 11.5 Å². The van der Waals surface area contributed by atoms with Crippen LogP contribution in [0.3, 0.4) is 0 Å². The zero-order valence-electron chi connectivity index (χ0n) is 14.2. The first-order valence-corrected chi connectivity index (χ1v) is 10.6. The fourth-order valence-electron chi connectivity index (χ4n) is 2.14. The van der Waals surface area contributed by atoms with Crippen molar-refractivity contribution < 1.29 is 13.9 Å². The number of nitrogens with zero attached hydrogens (tertiary/aromatic N) is 2. The van der Waals surface area contributed by atoms with Crippen molar-refractivity contribution in [3.8, 4) is 17.2 Å². The monoisotopic (exact) mass is 511 g/mol. The van der Waals surface area contributed by atoms with Crippen molar-refractivity contribution in [1.82, 2.24) is 10.2 Å². The topological polar surface area (TPSA) is 77.2 Å². The molecule has 2 aromatic carbocycles. The second-order valence-electron chi connectivity index (χ2n) is 5.30. The zero-order chi connectivity index (χ0) is 19.2. The van der Waals surface area contributed by atoms with E-state index < -0.39 is 0 Å². The number of aromatic nitrogens is 2. The summed E-state index contributed by atoms with van der Waals surface area (Å²) in [4.78, 5) is 12.1. The van der Waals surface area contributed by atoms with Crippen molar-refractivity contribution in [1.29, 1.82) is 0 Å². The summed E-state index contributed by atoms with van der Waals surface area (Å²) in [7, 11) is 0. The van der Waals surface area contributed by atoms with Gasteiger partial charge in [-0.15, -0.1) is 10.2 Å². The lowest BCUT2D eigenvalue weighted by Gasteiger charge is -2.05. The van der Waals surface area contributed by atoms with Crippen molar-refractivity contribution >= 4 is 55.2 Å². The fraction of sp³-hybridized carbons (Fsp3) is 0.167. The molecule has 0 bridgehead atoms. The standard InChI is InChI=1S/C18H15Br2N3O3S/c1-2-25-13-6-3-11(4-7-13)17-22-23-18(26-17)27-10-16(24)21-12-5-8-14(19)15(20)9-12/h3-9H,2,10H2,1H3,(H,21,24). The van der Waals surface area contributed by atoms with Crippen LogP contribution in [-0.2, 0) is 4.79 Å². The first-order chi connectivity index (χ1) is 13.0. The maximum Gasteiger partial charge on any atom is 0.277 e. The van der Waals surface area contributed by atoms with Crippen LogP contribution in [0, 0.1) is 0 Å². The average molecular weight is 513 g/mol. The van der Waals surface area contributed by atoms with E-state index in [-0.39, 0.29) is 11.7 Å². The third-order valence-electron chi connectivity index (χ3n) is 3.35. The summed E-state index contributed by atoms with van der Waals surface area (Å²) in [6.45, 7) is 2.54. The second-order valence-corrected chi connectivity index (χ2v) is 7.93. The molecule has 0 spiro atoms. The lowest BCUT2D eigenvalue weighted by Crippen LogP contribution is -2.13. The first-order valence-electron chi connectivity index (χ1n) is 7.99. The molecule has 9 heteroatoms. The van der Waals surface area contributed by atoms with E-state index in [1.807, 2.05) is 49.4 Å². The molecule has 27 heavy (non-hydrogen) atoms. The minimum absolute atomic E-state index is 0.157. The normalized spacial score (nSPS) is 10.6. The van der Waals surface area contributed by atoms with E-state index in [0.717, 1.165) is 20.3 Å². The molecule has 1 aromatic heterocycles. The Labute approximate surface area is 177 Å². The summed E-state index contributed by atoms with van der Waals surface area (Å²) in [6, 6.07) is 12.9. The van der Waals surface area contributed by atoms with Crippen molar-refractivity contribution in [2.75, 3.05) is 17.7 Å². The van der Waals surface area contributed by atoms with Crippen LogP contribution in [0.1, 0.15) is 6.92 Å². The van der Waals surface area contributed by atoms with E-state index in [1.54, 1.807) is 0 Å². The molecule has 1 amide bonds. The van der Waals surface area contributed by atoms with Crippen molar-refractivity contribution in [2.24, 2.45) is 0 Å². The Morgan fingerprint density at radius 2 is 1.93 bits per heavy atom. The lowest BCUT2D eigenvalue weighted by molar-refractivity contribution is -0.113. The molecule has 0 aliphatic heterocycles. The number of amides is 1. The fourth-order valence-corrected chi connectivity index (χ4v) is 3.33. The van der Waals surface area contributed by atoms with E-state index in [9.17, 15) is 4.79 Å². The van der Waals surface area contributed by atoms with Gasteiger partial charge in [-0.25, -0.2) is 0 Å². The number of ether oxygens (including phenoxy) is 1. The van der Waals surface area contributed by atoms with E-state index in [0.29, 0.717) is 23.4 Å². The van der Waals surface area contributed by atoms with Crippen LogP contribution in [0.4, 0.5) is 5.69 Å². The van der Waals surface area contributed by atoms with Crippen LogP contribution >= 0.6 is 43.6 Å². The molecule has 1 heterocycles. The summed E-state index contributed by atoms with van der Waals surface area (Å²) in [6.07, 6.45) is 0. The van der Waals surface area contributed by atoms with Crippen molar-refractivity contribution in [3.05, 3.63) is 51.4 Å². The SMILES string of the molecule is CCOc1ccc(-c2nnc(SCC(=O)Nc3ccc(Br)c(Br)c3)o2)cc1. The molecule has 3 aromatic rings. The molecular formula is C18H15Br2N3O3S. The largest absolute Gasteiger partial charge is 0.494 e. The number of nitrogens with one attached hydrogen (secondary N) is 1. The van der Waals surface area contributed by atoms with Gasteiger partial charge in [0, 0.05) is 20.2 Å². The molecule has 0 aliphatic carbocycles. The molecule has 0 saturated heterocycles. The van der Waals surface area contributed by atoms with Crippen molar-refractivity contribution in [2.45, 2.75) is 12.1 Å². The smallest absolute Gasteiger partial charge is 0.277 e. The van der Waals surface area contributed by atoms with Crippen LogP contribution < -0.4 is 10.1 Å². The highest BCUT2D eigenvalue weighted by Crippen LogP contribution is 2.27. The maximum atomic E-state index is 12.1. The number of anilines is 1. The Kier molecular flexibility index (Phi) is 6.92. The highest BCUT2D eigenvalue weighted by molar-refractivity contribution is 9.13. The number of hydrogen-bond donors (Lipinski definition) is 1. The summed E-state index contributed by atoms with van der Waals surface area (Å²) in [5.74, 6) is 1.19. The van der Waals surface area contributed by atoms with Gasteiger partial charge in [0.1, 0.15) is 5.75 Å². The van der Waals surface area contributed by atoms with Crippen molar-refractivity contribution in [3.63, 3.8) is 0 Å². The summed E-state index contributed by atoms with van der Waals surface area (Å²) < 4.78 is 12.8. The summed E-state index contributed by atoms with van der Waals surface area (Å²) in [5, 5.41) is 11.2. The number of halogens is 2. The van der Waals surface area contributed by atoms with Gasteiger partial charge in [0.05, 0.1) is 12.4 Å². The number of carbonyl (C=O) groups excluding carboxylic acids is 1. The molecule has 0 atom stereocenters. The summed E-state index contributed by atoms with van der Waals surface area (Å²) in [5.41, 5.74) is 1.50. The van der Waals surface area contributed by atoms with Gasteiger partial charge in [-0.1, -0.05) is 11.8 Å². The van der Waals surface area contributed by atoms with Gasteiger partial charge in [0.2, 0.25) is 11.8 Å². The minimum Gasteiger partial charge on any atom is -0.494 e. The minimum atomic E-state index is -0.157. The maximum absolute atomic E-state index is 12.1. The number of carbonyl (C=O) groups is 1. The third-order valence-corrected chi connectivity index (χ3v) is 6.05. The molecule has 0 saturated carbocycles. The van der Waals surface area contributed by atoms with Gasteiger partial charge in [0.25, 0.3) is 5.22 Å². The Bertz CT molecular complexity index is 932. The van der Waals surface area contributed by atoms with Crippen LogP contribution in [0.5, 0.6) is 5.75 Å². The molecule has 0 aliphatic rings. The average Bonchev–Trinajstić information content (AvgIpc) is 3.13. The molecule has 3 rings (SSSR count). The molecule has 0 unspecified atom stereocenters. The van der Waals surface area contributed by atoms with Gasteiger partial charge in [-0.2, -0.15) is 0 Å². The quantitative estimate of drug-likeness (QED) is 0.427. The molecule has 0 radical (unpaired) electrons. The lowest BCUT2D eigenvalue weighted by atomic mass is 10.2.